The van der Waals surface area contributed by atoms with E-state index in [1.165, 1.54) is 0 Å². The van der Waals surface area contributed by atoms with Gasteiger partial charge in [0.05, 0.1) is 12.7 Å². The quantitative estimate of drug-likeness (QED) is 0.450. The fourth-order valence-electron chi connectivity index (χ4n) is 1.03. The molecule has 74 valence electrons. The Morgan fingerprint density at radius 3 is 3.15 bits per heavy atom. The first-order valence-corrected chi connectivity index (χ1v) is 4.16. The van der Waals surface area contributed by atoms with Gasteiger partial charge in [-0.15, -0.1) is 0 Å². The Morgan fingerprint density at radius 2 is 2.62 bits per heavy atom. The predicted octanol–water partition coefficient (Wildman–Crippen LogP) is -1.62. The zero-order chi connectivity index (χ0) is 9.68. The van der Waals surface area contributed by atoms with Crippen LogP contribution in [-0.2, 0) is 9.53 Å². The van der Waals surface area contributed by atoms with Crippen LogP contribution in [0.1, 0.15) is 0 Å². The molecule has 0 spiro atoms. The number of aliphatic hydroxyl groups is 1. The Kier molecular flexibility index (Phi) is 3.88. The number of ether oxygens (including phenoxy) is 1. The second-order valence-electron chi connectivity index (χ2n) is 2.88. The summed E-state index contributed by atoms with van der Waals surface area (Å²) < 4.78 is 5.22. The highest BCUT2D eigenvalue weighted by Crippen LogP contribution is 2.00. The zero-order valence-corrected chi connectivity index (χ0v) is 7.27. The molecule has 0 saturated heterocycles. The van der Waals surface area contributed by atoms with Crippen molar-refractivity contribution in [1.82, 2.24) is 5.32 Å². The fraction of sp³-hybridized carbons (Fsp3) is 0.625. The van der Waals surface area contributed by atoms with Crippen LogP contribution >= 0.6 is 0 Å². The molecule has 0 aromatic heterocycles. The molecule has 0 radical (unpaired) electrons. The van der Waals surface area contributed by atoms with Gasteiger partial charge >= 0.3 is 0 Å². The van der Waals surface area contributed by atoms with Crippen molar-refractivity contribution < 1.29 is 14.6 Å². The van der Waals surface area contributed by atoms with Crippen molar-refractivity contribution in [2.45, 2.75) is 12.2 Å². The van der Waals surface area contributed by atoms with Crippen LogP contribution in [0.3, 0.4) is 0 Å². The highest BCUT2D eigenvalue weighted by atomic mass is 16.5. The molecule has 0 bridgehead atoms. The third kappa shape index (κ3) is 3.54. The van der Waals surface area contributed by atoms with E-state index in [-0.39, 0.29) is 12.6 Å². The molecule has 5 heteroatoms. The van der Waals surface area contributed by atoms with E-state index >= 15 is 0 Å². The van der Waals surface area contributed by atoms with Crippen LogP contribution in [-0.4, -0.2) is 42.9 Å². The van der Waals surface area contributed by atoms with Crippen molar-refractivity contribution in [3.63, 3.8) is 0 Å². The van der Waals surface area contributed by atoms with Crippen molar-refractivity contribution in [2.24, 2.45) is 5.73 Å². The molecule has 5 nitrogen and oxygen atoms in total. The SMILES string of the molecule is NC(=O)C(O)CNCC1C=CCO1. The normalized spacial score (nSPS) is 23.3. The number of nitrogens with two attached hydrogens (primary N) is 1. The number of carbonyl (C=O) groups excluding carboxylic acids is 1. The van der Waals surface area contributed by atoms with Crippen LogP contribution < -0.4 is 11.1 Å². The maximum atomic E-state index is 10.4. The highest BCUT2D eigenvalue weighted by molar-refractivity contribution is 5.78. The maximum absolute atomic E-state index is 10.4. The first kappa shape index (κ1) is 10.2. The van der Waals surface area contributed by atoms with Gasteiger partial charge in [0.15, 0.2) is 0 Å². The van der Waals surface area contributed by atoms with E-state index < -0.39 is 12.0 Å². The number of nitrogens with one attached hydrogen (secondary N) is 1. The summed E-state index contributed by atoms with van der Waals surface area (Å²) in [4.78, 5) is 10.4. The lowest BCUT2D eigenvalue weighted by atomic mass is 10.3. The van der Waals surface area contributed by atoms with E-state index in [2.05, 4.69) is 5.32 Å². The summed E-state index contributed by atoms with van der Waals surface area (Å²) in [6.07, 6.45) is 2.78. The lowest BCUT2D eigenvalue weighted by Crippen LogP contribution is -2.39. The molecule has 0 aliphatic carbocycles. The van der Waals surface area contributed by atoms with Crippen LogP contribution in [0.4, 0.5) is 0 Å². The Labute approximate surface area is 76.6 Å². The molecule has 1 aliphatic rings. The van der Waals surface area contributed by atoms with Gasteiger partial charge in [0.25, 0.3) is 0 Å². The lowest BCUT2D eigenvalue weighted by molar-refractivity contribution is -0.125. The van der Waals surface area contributed by atoms with Gasteiger partial charge in [-0.1, -0.05) is 12.2 Å². The summed E-state index contributed by atoms with van der Waals surface area (Å²) in [6.45, 7) is 1.38. The van der Waals surface area contributed by atoms with E-state index in [1.807, 2.05) is 12.2 Å². The van der Waals surface area contributed by atoms with Crippen LogP contribution in [0.25, 0.3) is 0 Å². The summed E-state index contributed by atoms with van der Waals surface area (Å²) >= 11 is 0. The summed E-state index contributed by atoms with van der Waals surface area (Å²) in [5.41, 5.74) is 4.86. The summed E-state index contributed by atoms with van der Waals surface area (Å²) in [6, 6.07) is 0. The zero-order valence-electron chi connectivity index (χ0n) is 7.27. The van der Waals surface area contributed by atoms with Crippen molar-refractivity contribution in [3.05, 3.63) is 12.2 Å². The third-order valence-electron chi connectivity index (χ3n) is 1.77. The molecule has 0 saturated carbocycles. The largest absolute Gasteiger partial charge is 0.382 e. The molecule has 0 fully saturated rings. The van der Waals surface area contributed by atoms with Gasteiger partial charge in [-0.2, -0.15) is 0 Å². The van der Waals surface area contributed by atoms with Gasteiger partial charge in [0.1, 0.15) is 6.10 Å². The number of hydrogen-bond acceptors (Lipinski definition) is 4. The van der Waals surface area contributed by atoms with Gasteiger partial charge in [0.2, 0.25) is 5.91 Å². The van der Waals surface area contributed by atoms with E-state index in [4.69, 9.17) is 15.6 Å². The number of hydrogen-bond donors (Lipinski definition) is 3. The van der Waals surface area contributed by atoms with Crippen molar-refractivity contribution in [3.8, 4) is 0 Å². The molecule has 1 aliphatic heterocycles. The van der Waals surface area contributed by atoms with Crippen LogP contribution in [0.2, 0.25) is 0 Å². The first-order chi connectivity index (χ1) is 6.20. The van der Waals surface area contributed by atoms with Crippen molar-refractivity contribution in [1.29, 1.82) is 0 Å². The molecule has 1 rings (SSSR count). The predicted molar refractivity (Wildman–Crippen MR) is 47.0 cm³/mol. The Morgan fingerprint density at radius 1 is 1.85 bits per heavy atom. The van der Waals surface area contributed by atoms with Gasteiger partial charge in [0, 0.05) is 13.1 Å². The van der Waals surface area contributed by atoms with Gasteiger partial charge in [-0.05, 0) is 0 Å². The average molecular weight is 186 g/mol. The average Bonchev–Trinajstić information content (AvgIpc) is 2.56. The highest BCUT2D eigenvalue weighted by Gasteiger charge is 2.12. The van der Waals surface area contributed by atoms with Crippen LogP contribution in [0, 0.1) is 0 Å². The second-order valence-corrected chi connectivity index (χ2v) is 2.88. The van der Waals surface area contributed by atoms with E-state index in [0.29, 0.717) is 13.2 Å². The number of rotatable bonds is 5. The van der Waals surface area contributed by atoms with Crippen LogP contribution in [0.5, 0.6) is 0 Å². The minimum absolute atomic E-state index is 0.0417. The minimum Gasteiger partial charge on any atom is -0.382 e. The molecule has 2 atom stereocenters. The Hall–Kier alpha value is -0.910. The molecule has 4 N–H and O–H groups in total. The number of primary amides is 1. The summed E-state index contributed by atoms with van der Waals surface area (Å²) in [5, 5.41) is 11.9. The molecule has 1 amide bonds. The van der Waals surface area contributed by atoms with E-state index in [1.54, 1.807) is 0 Å². The smallest absolute Gasteiger partial charge is 0.247 e. The molecule has 13 heavy (non-hydrogen) atoms. The minimum atomic E-state index is -1.12. The standard InChI is InChI=1S/C8H14N2O3/c9-8(12)7(11)5-10-4-6-2-1-3-13-6/h1-2,6-7,10-11H,3-5H2,(H2,9,12). The molecule has 2 unspecified atom stereocenters. The maximum Gasteiger partial charge on any atom is 0.247 e. The topological polar surface area (TPSA) is 84.6 Å². The van der Waals surface area contributed by atoms with Gasteiger partial charge in [-0.3, -0.25) is 4.79 Å². The Bertz CT molecular complexity index is 204. The van der Waals surface area contributed by atoms with Gasteiger partial charge < -0.3 is 20.9 Å². The molecular weight excluding hydrogens is 172 g/mol. The fourth-order valence-corrected chi connectivity index (χ4v) is 1.03. The van der Waals surface area contributed by atoms with Gasteiger partial charge in [-0.25, -0.2) is 0 Å². The molecular formula is C8H14N2O3. The second kappa shape index (κ2) is 4.96. The summed E-state index contributed by atoms with van der Waals surface area (Å²) in [7, 11) is 0. The molecule has 1 heterocycles. The lowest BCUT2D eigenvalue weighted by Gasteiger charge is -2.11. The third-order valence-corrected chi connectivity index (χ3v) is 1.77. The molecule has 0 aromatic rings. The Balaban J connectivity index is 2.06. The van der Waals surface area contributed by atoms with Crippen molar-refractivity contribution >= 4 is 5.91 Å². The van der Waals surface area contributed by atoms with E-state index in [9.17, 15) is 4.79 Å². The summed E-state index contributed by atoms with van der Waals surface area (Å²) in [5.74, 6) is -0.713. The van der Waals surface area contributed by atoms with Crippen molar-refractivity contribution in [2.75, 3.05) is 19.7 Å². The van der Waals surface area contributed by atoms with Crippen LogP contribution in [0.15, 0.2) is 12.2 Å². The number of aliphatic hydroxyl groups excluding tert-OH is 1. The monoisotopic (exact) mass is 186 g/mol. The first-order valence-electron chi connectivity index (χ1n) is 4.16. The number of carbonyl (C=O) groups is 1. The van der Waals surface area contributed by atoms with E-state index in [0.717, 1.165) is 0 Å². The molecule has 0 aromatic carbocycles. The number of amides is 1.